The zero-order valence-corrected chi connectivity index (χ0v) is 13.2. The molecule has 0 aromatic heterocycles. The number of piperidine rings is 1. The third-order valence-corrected chi connectivity index (χ3v) is 5.12. The van der Waals surface area contributed by atoms with Crippen molar-refractivity contribution in [2.75, 3.05) is 26.8 Å². The van der Waals surface area contributed by atoms with Crippen molar-refractivity contribution in [1.29, 1.82) is 0 Å². The highest BCUT2D eigenvalue weighted by molar-refractivity contribution is 4.96. The number of methoxy groups -OCH3 is 1. The van der Waals surface area contributed by atoms with Crippen LogP contribution < -0.4 is 5.32 Å². The molecule has 1 heterocycles. The van der Waals surface area contributed by atoms with Gasteiger partial charge in [0.2, 0.25) is 0 Å². The summed E-state index contributed by atoms with van der Waals surface area (Å²) in [7, 11) is 1.81. The van der Waals surface area contributed by atoms with Gasteiger partial charge in [-0.25, -0.2) is 0 Å². The van der Waals surface area contributed by atoms with Crippen molar-refractivity contribution >= 4 is 0 Å². The second kappa shape index (κ2) is 7.05. The minimum Gasteiger partial charge on any atom is -0.383 e. The molecule has 1 saturated heterocycles. The van der Waals surface area contributed by atoms with E-state index in [0.29, 0.717) is 12.1 Å². The summed E-state index contributed by atoms with van der Waals surface area (Å²) in [5.74, 6) is 1.70. The summed E-state index contributed by atoms with van der Waals surface area (Å²) < 4.78 is 5.34. The van der Waals surface area contributed by atoms with E-state index in [-0.39, 0.29) is 0 Å². The predicted octanol–water partition coefficient (Wildman–Crippen LogP) is 2.51. The van der Waals surface area contributed by atoms with Crippen molar-refractivity contribution < 1.29 is 4.74 Å². The second-order valence-electron chi connectivity index (χ2n) is 6.75. The van der Waals surface area contributed by atoms with Gasteiger partial charge in [-0.2, -0.15) is 0 Å². The van der Waals surface area contributed by atoms with Crippen molar-refractivity contribution in [3.05, 3.63) is 0 Å². The lowest BCUT2D eigenvalue weighted by molar-refractivity contribution is 0.0191. The Morgan fingerprint density at radius 2 is 1.84 bits per heavy atom. The molecule has 2 rings (SSSR count). The number of hydrogen-bond acceptors (Lipinski definition) is 3. The fourth-order valence-electron chi connectivity index (χ4n) is 3.92. The average Bonchev–Trinajstić information content (AvgIpc) is 2.37. The molecule has 3 unspecified atom stereocenters. The zero-order valence-electron chi connectivity index (χ0n) is 13.2. The molecule has 0 radical (unpaired) electrons. The Balaban J connectivity index is 1.97. The van der Waals surface area contributed by atoms with Crippen LogP contribution in [0.1, 0.15) is 46.5 Å². The number of fused-ring (bicyclic) bond motifs is 2. The molecule has 0 amide bonds. The van der Waals surface area contributed by atoms with Crippen LogP contribution in [0.15, 0.2) is 0 Å². The Labute approximate surface area is 119 Å². The van der Waals surface area contributed by atoms with Crippen molar-refractivity contribution in [2.24, 2.45) is 11.8 Å². The molecule has 3 atom stereocenters. The molecule has 0 aromatic carbocycles. The number of rotatable bonds is 6. The van der Waals surface area contributed by atoms with E-state index in [9.17, 15) is 0 Å². The molecule has 1 saturated carbocycles. The highest BCUT2D eigenvalue weighted by atomic mass is 16.5. The molecule has 19 heavy (non-hydrogen) atoms. The topological polar surface area (TPSA) is 24.5 Å². The molecule has 1 N–H and O–H groups in total. The Morgan fingerprint density at radius 1 is 1.21 bits per heavy atom. The first-order valence-electron chi connectivity index (χ1n) is 8.14. The summed E-state index contributed by atoms with van der Waals surface area (Å²) in [6, 6.07) is 1.96. The van der Waals surface area contributed by atoms with Gasteiger partial charge in [0.15, 0.2) is 0 Å². The third-order valence-electron chi connectivity index (χ3n) is 5.12. The van der Waals surface area contributed by atoms with Crippen LogP contribution in [0, 0.1) is 11.8 Å². The van der Waals surface area contributed by atoms with Gasteiger partial charge in [0.25, 0.3) is 0 Å². The highest BCUT2D eigenvalue weighted by Crippen LogP contribution is 2.36. The summed E-state index contributed by atoms with van der Waals surface area (Å²) in [6.07, 6.45) is 5.40. The Bertz CT molecular complexity index is 255. The standard InChI is InChI=1S/C16H32N2O/c1-5-15(11-19-4)17-16-13-7-6-8-14(16)10-18(9-13)12(2)3/h12-17H,5-11H2,1-4H3. The monoisotopic (exact) mass is 268 g/mol. The number of nitrogens with zero attached hydrogens (tertiary/aromatic N) is 1. The van der Waals surface area contributed by atoms with Crippen molar-refractivity contribution in [1.82, 2.24) is 10.2 Å². The maximum atomic E-state index is 5.34. The largest absolute Gasteiger partial charge is 0.383 e. The fraction of sp³-hybridized carbons (Fsp3) is 1.00. The summed E-state index contributed by atoms with van der Waals surface area (Å²) >= 11 is 0. The Hall–Kier alpha value is -0.120. The molecule has 3 heteroatoms. The van der Waals surface area contributed by atoms with Gasteiger partial charge in [-0.05, 0) is 44.9 Å². The Kier molecular flexibility index (Phi) is 5.67. The smallest absolute Gasteiger partial charge is 0.0615 e. The third kappa shape index (κ3) is 3.71. The van der Waals surface area contributed by atoms with E-state index in [1.54, 1.807) is 0 Å². The van der Waals surface area contributed by atoms with E-state index in [1.165, 1.54) is 32.4 Å². The lowest BCUT2D eigenvalue weighted by atomic mass is 9.73. The van der Waals surface area contributed by atoms with Gasteiger partial charge in [0, 0.05) is 38.3 Å². The number of ether oxygens (including phenoxy) is 1. The van der Waals surface area contributed by atoms with Crippen LogP contribution in [0.3, 0.4) is 0 Å². The first-order chi connectivity index (χ1) is 9.15. The summed E-state index contributed by atoms with van der Waals surface area (Å²) in [5.41, 5.74) is 0. The van der Waals surface area contributed by atoms with E-state index in [4.69, 9.17) is 4.74 Å². The molecule has 3 nitrogen and oxygen atoms in total. The van der Waals surface area contributed by atoms with Gasteiger partial charge in [-0.3, -0.25) is 0 Å². The van der Waals surface area contributed by atoms with Crippen molar-refractivity contribution in [2.45, 2.75) is 64.6 Å². The van der Waals surface area contributed by atoms with Crippen LogP contribution in [0.2, 0.25) is 0 Å². The van der Waals surface area contributed by atoms with Gasteiger partial charge >= 0.3 is 0 Å². The van der Waals surface area contributed by atoms with Crippen LogP contribution in [0.5, 0.6) is 0 Å². The molecule has 112 valence electrons. The van der Waals surface area contributed by atoms with Gasteiger partial charge in [-0.1, -0.05) is 13.3 Å². The van der Waals surface area contributed by atoms with E-state index < -0.39 is 0 Å². The molecule has 1 aliphatic carbocycles. The van der Waals surface area contributed by atoms with Gasteiger partial charge in [0.1, 0.15) is 0 Å². The van der Waals surface area contributed by atoms with Gasteiger partial charge in [0.05, 0.1) is 6.61 Å². The number of likely N-dealkylation sites (tertiary alicyclic amines) is 1. The molecular formula is C16H32N2O. The van der Waals surface area contributed by atoms with Crippen LogP contribution >= 0.6 is 0 Å². The SMILES string of the molecule is CCC(COC)NC1C2CCCC1CN(C(C)C)C2. The maximum absolute atomic E-state index is 5.34. The molecule has 2 fully saturated rings. The van der Waals surface area contributed by atoms with E-state index >= 15 is 0 Å². The minimum atomic E-state index is 0.531. The predicted molar refractivity (Wildman–Crippen MR) is 80.4 cm³/mol. The van der Waals surface area contributed by atoms with Gasteiger partial charge in [-0.15, -0.1) is 0 Å². The number of nitrogens with one attached hydrogen (secondary N) is 1. The second-order valence-corrected chi connectivity index (χ2v) is 6.75. The maximum Gasteiger partial charge on any atom is 0.0615 e. The van der Waals surface area contributed by atoms with E-state index in [1.807, 2.05) is 7.11 Å². The molecule has 0 aromatic rings. The van der Waals surface area contributed by atoms with E-state index in [2.05, 4.69) is 31.0 Å². The van der Waals surface area contributed by atoms with Gasteiger partial charge < -0.3 is 15.0 Å². The fourth-order valence-corrected chi connectivity index (χ4v) is 3.92. The quantitative estimate of drug-likeness (QED) is 0.801. The summed E-state index contributed by atoms with van der Waals surface area (Å²) in [5, 5.41) is 3.92. The van der Waals surface area contributed by atoms with Crippen LogP contribution in [-0.4, -0.2) is 49.8 Å². The highest BCUT2D eigenvalue weighted by Gasteiger charge is 2.40. The van der Waals surface area contributed by atoms with E-state index in [0.717, 1.165) is 30.9 Å². The molecular weight excluding hydrogens is 236 g/mol. The molecule has 2 aliphatic rings. The zero-order chi connectivity index (χ0) is 13.8. The molecule has 2 bridgehead atoms. The van der Waals surface area contributed by atoms with Crippen LogP contribution in [-0.2, 0) is 4.74 Å². The summed E-state index contributed by atoms with van der Waals surface area (Å²) in [6.45, 7) is 10.4. The van der Waals surface area contributed by atoms with Crippen molar-refractivity contribution in [3.8, 4) is 0 Å². The minimum absolute atomic E-state index is 0.531. The Morgan fingerprint density at radius 3 is 2.32 bits per heavy atom. The van der Waals surface area contributed by atoms with Crippen molar-refractivity contribution in [3.63, 3.8) is 0 Å². The van der Waals surface area contributed by atoms with Crippen LogP contribution in [0.25, 0.3) is 0 Å². The number of hydrogen-bond donors (Lipinski definition) is 1. The molecule has 1 aliphatic heterocycles. The normalized spacial score (nSPS) is 33.6. The lowest BCUT2D eigenvalue weighted by Crippen LogP contribution is -2.60. The first-order valence-corrected chi connectivity index (χ1v) is 8.14. The van der Waals surface area contributed by atoms with Crippen LogP contribution in [0.4, 0.5) is 0 Å². The first kappa shape index (κ1) is 15.3. The molecule has 0 spiro atoms. The average molecular weight is 268 g/mol. The lowest BCUT2D eigenvalue weighted by Gasteiger charge is -2.50. The summed E-state index contributed by atoms with van der Waals surface area (Å²) in [4.78, 5) is 2.68.